The van der Waals surface area contributed by atoms with E-state index in [1.165, 1.54) is 0 Å². The van der Waals surface area contributed by atoms with Crippen molar-refractivity contribution < 1.29 is 9.59 Å². The smallest absolute Gasteiger partial charge is 0.312 e. The van der Waals surface area contributed by atoms with Crippen molar-refractivity contribution in [2.75, 3.05) is 13.1 Å². The van der Waals surface area contributed by atoms with Gasteiger partial charge in [-0.05, 0) is 6.42 Å². The van der Waals surface area contributed by atoms with Crippen LogP contribution in [0.2, 0.25) is 0 Å². The van der Waals surface area contributed by atoms with Gasteiger partial charge in [0.2, 0.25) is 0 Å². The molecule has 0 aromatic heterocycles. The molecule has 0 aromatic rings. The standard InChI is InChI=1S/C5H12N4O2/c6-4(10)8-2-1-3-9-5(7)11/h1-3H2,(H3,6,8,10)(H3,7,9,11). The highest BCUT2D eigenvalue weighted by molar-refractivity contribution is 5.72. The Bertz CT molecular complexity index is 131. The molecule has 4 amide bonds. The summed E-state index contributed by atoms with van der Waals surface area (Å²) in [6, 6.07) is -1.13. The molecule has 11 heavy (non-hydrogen) atoms. The maximum Gasteiger partial charge on any atom is 0.312 e. The van der Waals surface area contributed by atoms with Crippen LogP contribution in [-0.2, 0) is 0 Å². The van der Waals surface area contributed by atoms with E-state index in [1.54, 1.807) is 0 Å². The zero-order valence-electron chi connectivity index (χ0n) is 6.09. The molecule has 0 rings (SSSR count). The summed E-state index contributed by atoms with van der Waals surface area (Å²) in [5.74, 6) is 0. The Morgan fingerprint density at radius 1 is 1.00 bits per heavy atom. The molecule has 6 nitrogen and oxygen atoms in total. The number of nitrogens with one attached hydrogen (secondary N) is 2. The SMILES string of the molecule is NC(=O)NCCCNC(N)=O. The van der Waals surface area contributed by atoms with E-state index in [9.17, 15) is 9.59 Å². The second-order valence-corrected chi connectivity index (χ2v) is 1.94. The number of rotatable bonds is 4. The topological polar surface area (TPSA) is 110 Å². The first-order chi connectivity index (χ1) is 5.13. The van der Waals surface area contributed by atoms with Gasteiger partial charge in [-0.3, -0.25) is 0 Å². The molecule has 0 saturated carbocycles. The van der Waals surface area contributed by atoms with E-state index in [-0.39, 0.29) is 0 Å². The molecule has 0 aliphatic rings. The Hall–Kier alpha value is -1.46. The molecule has 0 heterocycles. The van der Waals surface area contributed by atoms with E-state index in [0.717, 1.165) is 0 Å². The first-order valence-electron chi connectivity index (χ1n) is 3.19. The summed E-state index contributed by atoms with van der Waals surface area (Å²) in [7, 11) is 0. The minimum Gasteiger partial charge on any atom is -0.352 e. The van der Waals surface area contributed by atoms with Gasteiger partial charge in [0.15, 0.2) is 0 Å². The molecule has 6 N–H and O–H groups in total. The molecule has 0 fully saturated rings. The third kappa shape index (κ3) is 8.54. The second-order valence-electron chi connectivity index (χ2n) is 1.94. The summed E-state index contributed by atoms with van der Waals surface area (Å²) < 4.78 is 0. The highest BCUT2D eigenvalue weighted by Crippen LogP contribution is 1.71. The van der Waals surface area contributed by atoms with Crippen LogP contribution in [0.3, 0.4) is 0 Å². The predicted molar refractivity (Wildman–Crippen MR) is 39.8 cm³/mol. The fourth-order valence-corrected chi connectivity index (χ4v) is 0.512. The van der Waals surface area contributed by atoms with Crippen LogP contribution >= 0.6 is 0 Å². The Morgan fingerprint density at radius 3 is 1.64 bits per heavy atom. The molecule has 0 spiro atoms. The minimum atomic E-state index is -0.566. The van der Waals surface area contributed by atoms with E-state index < -0.39 is 12.1 Å². The van der Waals surface area contributed by atoms with Crippen molar-refractivity contribution in [2.24, 2.45) is 11.5 Å². The van der Waals surface area contributed by atoms with Crippen LogP contribution in [0.5, 0.6) is 0 Å². The van der Waals surface area contributed by atoms with E-state index >= 15 is 0 Å². The Morgan fingerprint density at radius 2 is 1.36 bits per heavy atom. The molecule has 0 aromatic carbocycles. The van der Waals surface area contributed by atoms with Crippen LogP contribution in [0.1, 0.15) is 6.42 Å². The fourth-order valence-electron chi connectivity index (χ4n) is 0.512. The van der Waals surface area contributed by atoms with Gasteiger partial charge in [0.25, 0.3) is 0 Å². The quantitative estimate of drug-likeness (QED) is 0.384. The summed E-state index contributed by atoms with van der Waals surface area (Å²) >= 11 is 0. The van der Waals surface area contributed by atoms with E-state index in [1.807, 2.05) is 0 Å². The van der Waals surface area contributed by atoms with Crippen molar-refractivity contribution in [3.05, 3.63) is 0 Å². The summed E-state index contributed by atoms with van der Waals surface area (Å²) in [4.78, 5) is 20.2. The highest BCUT2D eigenvalue weighted by Gasteiger charge is 1.92. The van der Waals surface area contributed by atoms with Gasteiger partial charge >= 0.3 is 12.1 Å². The number of urea groups is 2. The van der Waals surface area contributed by atoms with Crippen molar-refractivity contribution in [3.63, 3.8) is 0 Å². The number of primary amides is 2. The van der Waals surface area contributed by atoms with Crippen LogP contribution in [0.4, 0.5) is 9.59 Å². The second kappa shape index (κ2) is 5.33. The average Bonchev–Trinajstić information content (AvgIpc) is 1.85. The Kier molecular flexibility index (Phi) is 4.63. The maximum atomic E-state index is 10.1. The van der Waals surface area contributed by atoms with Gasteiger partial charge in [-0.2, -0.15) is 0 Å². The average molecular weight is 160 g/mol. The summed E-state index contributed by atoms with van der Waals surface area (Å²) in [5.41, 5.74) is 9.54. The summed E-state index contributed by atoms with van der Waals surface area (Å²) in [6.07, 6.45) is 0.617. The zero-order chi connectivity index (χ0) is 8.69. The molecular weight excluding hydrogens is 148 g/mol. The van der Waals surface area contributed by atoms with Crippen LogP contribution < -0.4 is 22.1 Å². The number of hydrogen-bond donors (Lipinski definition) is 4. The summed E-state index contributed by atoms with van der Waals surface area (Å²) in [5, 5.41) is 4.73. The molecule has 0 saturated heterocycles. The molecule has 64 valence electrons. The Balaban J connectivity index is 3.03. The van der Waals surface area contributed by atoms with Gasteiger partial charge in [0, 0.05) is 13.1 Å². The van der Waals surface area contributed by atoms with Crippen molar-refractivity contribution in [1.29, 1.82) is 0 Å². The van der Waals surface area contributed by atoms with Crippen molar-refractivity contribution in [3.8, 4) is 0 Å². The number of carbonyl (C=O) groups is 2. The number of nitrogens with two attached hydrogens (primary N) is 2. The predicted octanol–water partition coefficient (Wildman–Crippen LogP) is -1.29. The van der Waals surface area contributed by atoms with Gasteiger partial charge in [-0.1, -0.05) is 0 Å². The third-order valence-electron chi connectivity index (χ3n) is 0.952. The minimum absolute atomic E-state index is 0.440. The van der Waals surface area contributed by atoms with E-state index in [0.29, 0.717) is 19.5 Å². The molecule has 0 unspecified atom stereocenters. The van der Waals surface area contributed by atoms with Crippen LogP contribution in [0.25, 0.3) is 0 Å². The highest BCUT2D eigenvalue weighted by atomic mass is 16.2. The number of carbonyl (C=O) groups excluding carboxylic acids is 2. The van der Waals surface area contributed by atoms with Gasteiger partial charge < -0.3 is 22.1 Å². The van der Waals surface area contributed by atoms with E-state index in [4.69, 9.17) is 11.5 Å². The van der Waals surface area contributed by atoms with E-state index in [2.05, 4.69) is 10.6 Å². The summed E-state index contributed by atoms with van der Waals surface area (Å²) in [6.45, 7) is 0.880. The van der Waals surface area contributed by atoms with Crippen molar-refractivity contribution in [1.82, 2.24) is 10.6 Å². The van der Waals surface area contributed by atoms with Crippen molar-refractivity contribution in [2.45, 2.75) is 6.42 Å². The monoisotopic (exact) mass is 160 g/mol. The maximum absolute atomic E-state index is 10.1. The zero-order valence-corrected chi connectivity index (χ0v) is 6.09. The number of amides is 4. The first-order valence-corrected chi connectivity index (χ1v) is 3.19. The van der Waals surface area contributed by atoms with Crippen LogP contribution in [0.15, 0.2) is 0 Å². The lowest BCUT2D eigenvalue weighted by Gasteiger charge is -2.01. The largest absolute Gasteiger partial charge is 0.352 e. The van der Waals surface area contributed by atoms with Gasteiger partial charge in [0.1, 0.15) is 0 Å². The normalized spacial score (nSPS) is 8.73. The lowest BCUT2D eigenvalue weighted by atomic mass is 10.4. The third-order valence-corrected chi connectivity index (χ3v) is 0.952. The molecule has 6 heteroatoms. The van der Waals surface area contributed by atoms with Gasteiger partial charge in [-0.25, -0.2) is 9.59 Å². The Labute approximate surface area is 64.3 Å². The number of hydrogen-bond acceptors (Lipinski definition) is 2. The van der Waals surface area contributed by atoms with Crippen LogP contribution in [-0.4, -0.2) is 25.2 Å². The van der Waals surface area contributed by atoms with Crippen molar-refractivity contribution >= 4 is 12.1 Å². The molecule has 0 radical (unpaired) electrons. The first kappa shape index (κ1) is 9.54. The fraction of sp³-hybridized carbons (Fsp3) is 0.600. The lowest BCUT2D eigenvalue weighted by molar-refractivity contribution is 0.248. The molecular formula is C5H12N4O2. The van der Waals surface area contributed by atoms with Crippen LogP contribution in [0, 0.1) is 0 Å². The molecule has 0 aliphatic heterocycles. The van der Waals surface area contributed by atoms with Gasteiger partial charge in [0.05, 0.1) is 0 Å². The molecule has 0 aliphatic carbocycles. The molecule has 0 bridgehead atoms. The molecule has 0 atom stereocenters. The van der Waals surface area contributed by atoms with Gasteiger partial charge in [-0.15, -0.1) is 0 Å². The lowest BCUT2D eigenvalue weighted by Crippen LogP contribution is -2.34.